The summed E-state index contributed by atoms with van der Waals surface area (Å²) in [6.45, 7) is 0. The predicted molar refractivity (Wildman–Crippen MR) is 72.0 cm³/mol. The summed E-state index contributed by atoms with van der Waals surface area (Å²) in [6.07, 6.45) is 7.61. The second kappa shape index (κ2) is 3.81. The van der Waals surface area contributed by atoms with E-state index in [2.05, 4.69) is 33.0 Å². The van der Waals surface area contributed by atoms with Crippen LogP contribution in [0, 0.1) is 29.6 Å². The number of halogens is 1. The van der Waals surface area contributed by atoms with E-state index in [9.17, 15) is 0 Å². The van der Waals surface area contributed by atoms with E-state index in [4.69, 9.17) is 0 Å². The second-order valence-corrected chi connectivity index (χ2v) is 7.28. The SMILES string of the molecule is BrC(Cc1ccccn1)C1C2C3CCC(C3)C12. The van der Waals surface area contributed by atoms with Crippen LogP contribution in [0.1, 0.15) is 25.0 Å². The third-order valence-electron chi connectivity index (χ3n) is 5.34. The van der Waals surface area contributed by atoms with Gasteiger partial charge in [0.2, 0.25) is 0 Å². The number of nitrogens with zero attached hydrogens (tertiary/aromatic N) is 1. The van der Waals surface area contributed by atoms with Crippen molar-refractivity contribution in [3.05, 3.63) is 30.1 Å². The van der Waals surface area contributed by atoms with E-state index >= 15 is 0 Å². The van der Waals surface area contributed by atoms with Crippen molar-refractivity contribution in [2.45, 2.75) is 30.5 Å². The highest BCUT2D eigenvalue weighted by Gasteiger charge is 2.66. The third-order valence-corrected chi connectivity index (χ3v) is 6.28. The first-order valence-electron chi connectivity index (χ1n) is 6.88. The lowest BCUT2D eigenvalue weighted by molar-refractivity contribution is 0.454. The molecule has 0 aromatic carbocycles. The fourth-order valence-corrected chi connectivity index (χ4v) is 5.77. The lowest BCUT2D eigenvalue weighted by Gasteiger charge is -2.14. The van der Waals surface area contributed by atoms with Crippen LogP contribution in [0.4, 0.5) is 0 Å². The fraction of sp³-hybridized carbons (Fsp3) is 0.667. The van der Waals surface area contributed by atoms with Gasteiger partial charge in [-0.15, -0.1) is 0 Å². The molecular formula is C15H18BrN. The van der Waals surface area contributed by atoms with Gasteiger partial charge in [0.1, 0.15) is 0 Å². The zero-order chi connectivity index (χ0) is 11.4. The topological polar surface area (TPSA) is 12.9 Å². The number of hydrogen-bond acceptors (Lipinski definition) is 1. The number of fused-ring (bicyclic) bond motifs is 5. The van der Waals surface area contributed by atoms with E-state index in [1.54, 1.807) is 6.42 Å². The summed E-state index contributed by atoms with van der Waals surface area (Å²) in [4.78, 5) is 5.11. The molecule has 2 bridgehead atoms. The van der Waals surface area contributed by atoms with Gasteiger partial charge in [0.05, 0.1) is 0 Å². The van der Waals surface area contributed by atoms with Gasteiger partial charge in [-0.25, -0.2) is 0 Å². The molecule has 5 unspecified atom stereocenters. The molecule has 1 aromatic rings. The van der Waals surface area contributed by atoms with Crippen molar-refractivity contribution in [3.63, 3.8) is 0 Å². The van der Waals surface area contributed by atoms with Gasteiger partial charge in [0.25, 0.3) is 0 Å². The largest absolute Gasteiger partial charge is 0.261 e. The molecule has 3 aliphatic carbocycles. The summed E-state index contributed by atoms with van der Waals surface area (Å²) in [5, 5.41) is 0. The maximum atomic E-state index is 4.45. The van der Waals surface area contributed by atoms with Gasteiger partial charge in [-0.1, -0.05) is 22.0 Å². The third kappa shape index (κ3) is 1.60. The zero-order valence-corrected chi connectivity index (χ0v) is 11.5. The molecule has 0 radical (unpaired) electrons. The molecule has 0 aliphatic heterocycles. The maximum absolute atomic E-state index is 4.45. The Bertz CT molecular complexity index is 402. The number of rotatable bonds is 3. The Balaban J connectivity index is 1.44. The molecule has 1 nitrogen and oxygen atoms in total. The molecule has 0 saturated heterocycles. The summed E-state index contributed by atoms with van der Waals surface area (Å²) in [6, 6.07) is 6.25. The Hall–Kier alpha value is -0.370. The summed E-state index contributed by atoms with van der Waals surface area (Å²) < 4.78 is 0. The first-order chi connectivity index (χ1) is 8.34. The van der Waals surface area contributed by atoms with Crippen LogP contribution in [0.5, 0.6) is 0 Å². The Kier molecular flexibility index (Phi) is 2.36. The molecule has 5 atom stereocenters. The molecule has 3 saturated carbocycles. The van der Waals surface area contributed by atoms with Gasteiger partial charge in [-0.05, 0) is 61.0 Å². The van der Waals surface area contributed by atoms with Crippen molar-refractivity contribution in [3.8, 4) is 0 Å². The minimum Gasteiger partial charge on any atom is -0.261 e. The number of aromatic nitrogens is 1. The molecule has 0 spiro atoms. The second-order valence-electron chi connectivity index (χ2n) is 6.11. The monoisotopic (exact) mass is 291 g/mol. The van der Waals surface area contributed by atoms with Crippen LogP contribution >= 0.6 is 15.9 Å². The van der Waals surface area contributed by atoms with Crippen molar-refractivity contribution in [1.29, 1.82) is 0 Å². The standard InChI is InChI=1S/C15H18BrN/c16-12(8-11-3-1-2-6-17-11)15-13-9-4-5-10(7-9)14(13)15/h1-3,6,9-10,12-15H,4-5,7-8H2. The average Bonchev–Trinajstić information content (AvgIpc) is 2.80. The number of alkyl halides is 1. The summed E-state index contributed by atoms with van der Waals surface area (Å²) >= 11 is 3.94. The van der Waals surface area contributed by atoms with E-state index in [1.165, 1.54) is 18.5 Å². The molecule has 3 fully saturated rings. The van der Waals surface area contributed by atoms with E-state index in [0.717, 1.165) is 36.0 Å². The van der Waals surface area contributed by atoms with Gasteiger partial charge >= 0.3 is 0 Å². The number of pyridine rings is 1. The normalized spacial score (nSPS) is 43.5. The molecule has 90 valence electrons. The Labute approximate surface area is 111 Å². The van der Waals surface area contributed by atoms with E-state index in [0.29, 0.717) is 4.83 Å². The highest BCUT2D eigenvalue weighted by molar-refractivity contribution is 9.09. The van der Waals surface area contributed by atoms with Crippen molar-refractivity contribution < 1.29 is 0 Å². The van der Waals surface area contributed by atoms with Gasteiger partial charge in [0.15, 0.2) is 0 Å². The van der Waals surface area contributed by atoms with E-state index in [1.807, 2.05) is 12.3 Å². The Morgan fingerprint density at radius 3 is 2.65 bits per heavy atom. The van der Waals surface area contributed by atoms with Crippen LogP contribution in [0.15, 0.2) is 24.4 Å². The quantitative estimate of drug-likeness (QED) is 0.774. The molecule has 2 heteroatoms. The molecule has 1 heterocycles. The smallest absolute Gasteiger partial charge is 0.0414 e. The van der Waals surface area contributed by atoms with Crippen molar-refractivity contribution >= 4 is 15.9 Å². The van der Waals surface area contributed by atoms with Crippen molar-refractivity contribution in [2.24, 2.45) is 29.6 Å². The van der Waals surface area contributed by atoms with E-state index < -0.39 is 0 Å². The summed E-state index contributed by atoms with van der Waals surface area (Å²) in [5.41, 5.74) is 1.24. The molecule has 0 amide bonds. The lowest BCUT2D eigenvalue weighted by Crippen LogP contribution is -2.13. The van der Waals surface area contributed by atoms with Crippen molar-refractivity contribution in [1.82, 2.24) is 4.98 Å². The molecular weight excluding hydrogens is 274 g/mol. The molecule has 3 aliphatic rings. The molecule has 0 N–H and O–H groups in total. The van der Waals surface area contributed by atoms with Crippen LogP contribution in [0.2, 0.25) is 0 Å². The lowest BCUT2D eigenvalue weighted by atomic mass is 9.98. The Morgan fingerprint density at radius 1 is 1.24 bits per heavy atom. The minimum atomic E-state index is 0.663. The van der Waals surface area contributed by atoms with Crippen LogP contribution in [-0.2, 0) is 6.42 Å². The highest BCUT2D eigenvalue weighted by atomic mass is 79.9. The van der Waals surface area contributed by atoms with Crippen molar-refractivity contribution in [2.75, 3.05) is 0 Å². The van der Waals surface area contributed by atoms with Crippen LogP contribution in [0.25, 0.3) is 0 Å². The summed E-state index contributed by atoms with van der Waals surface area (Å²) in [5.74, 6) is 5.27. The molecule has 4 rings (SSSR count). The van der Waals surface area contributed by atoms with Crippen LogP contribution in [-0.4, -0.2) is 9.81 Å². The Morgan fingerprint density at radius 2 is 2.00 bits per heavy atom. The first kappa shape index (κ1) is 10.5. The van der Waals surface area contributed by atoms with Gasteiger partial charge < -0.3 is 0 Å². The minimum absolute atomic E-state index is 0.663. The van der Waals surface area contributed by atoms with Crippen LogP contribution < -0.4 is 0 Å². The fourth-order valence-electron chi connectivity index (χ4n) is 4.73. The molecule has 1 aromatic heterocycles. The zero-order valence-electron chi connectivity index (χ0n) is 9.93. The average molecular weight is 292 g/mol. The highest BCUT2D eigenvalue weighted by Crippen LogP contribution is 2.71. The van der Waals surface area contributed by atoms with E-state index in [-0.39, 0.29) is 0 Å². The number of hydrogen-bond donors (Lipinski definition) is 0. The van der Waals surface area contributed by atoms with Gasteiger partial charge in [0, 0.05) is 23.1 Å². The summed E-state index contributed by atoms with van der Waals surface area (Å²) in [7, 11) is 0. The van der Waals surface area contributed by atoms with Gasteiger partial charge in [-0.3, -0.25) is 4.98 Å². The van der Waals surface area contributed by atoms with Crippen LogP contribution in [0.3, 0.4) is 0 Å². The van der Waals surface area contributed by atoms with Gasteiger partial charge in [-0.2, -0.15) is 0 Å². The first-order valence-corrected chi connectivity index (χ1v) is 7.80. The maximum Gasteiger partial charge on any atom is 0.0414 e. The predicted octanol–water partition coefficient (Wildman–Crippen LogP) is 3.68. The molecule has 17 heavy (non-hydrogen) atoms.